The number of amides is 2. The van der Waals surface area contributed by atoms with E-state index in [1.54, 1.807) is 0 Å². The number of anilines is 1. The molecule has 1 aliphatic heterocycles. The van der Waals surface area contributed by atoms with Gasteiger partial charge in [0.05, 0.1) is 27.4 Å². The van der Waals surface area contributed by atoms with Crippen LogP contribution in [0.4, 0.5) is 5.82 Å². The van der Waals surface area contributed by atoms with Crippen LogP contribution in [0, 0.1) is 5.41 Å². The smallest absolute Gasteiger partial charge is 0.274 e. The standard InChI is InChI=1S/C35H52N7O17P3S/c1-35(2,30(46)33(47)38-16-15-25(43)37-17-18-63-26(44)14-10-5-3-4-7-11-23-12-8-6-9-13-23)20-56-62(53,54)59-61(51,52)55-19-24-29(58-60(48,49)50)28(45)34(57-24)42-22-41-27-31(36)39-21-40-32(27)42/h6,8-10,12-14,21-22,24,28-30,34,45-46H,3-5,7,11,15-20H2,1-2H3,(H,37,43)(H,38,47)(H,51,52)(H,53,54)(H2,36,39,40)(H2,48,49,50)/p-4/b14-10+/t24-,28-,29-,30+,34-/m1/s1. The molecule has 6 N–H and O–H groups in total. The number of unbranched alkanes of at least 4 members (excludes halogenated alkanes) is 3. The predicted octanol–water partition coefficient (Wildman–Crippen LogP) is -0.504. The minimum atomic E-state index is -5.92. The maximum absolute atomic E-state index is 12.6. The third-order valence-corrected chi connectivity index (χ3v) is 13.0. The highest BCUT2D eigenvalue weighted by Gasteiger charge is 2.47. The molecule has 1 fully saturated rings. The SMILES string of the molecule is CC(C)(COP(=O)([O-])OP(=O)([O-])OC[C@H]1O[C@@H](n2cnc3c(N)ncnc32)[C@H](O)[C@@H]1OP(=O)([O-])[O-])[C@@H](O)C(=O)NCCC(=O)NCCSC(=O)/C=C/CCCCCc1ccccc1. The van der Waals surface area contributed by atoms with Crippen molar-refractivity contribution in [3.05, 3.63) is 60.7 Å². The van der Waals surface area contributed by atoms with E-state index < -0.39 is 84.6 Å². The molecule has 7 atom stereocenters. The zero-order valence-electron chi connectivity index (χ0n) is 34.0. The second kappa shape index (κ2) is 23.6. The molecule has 0 saturated carbocycles. The highest BCUT2D eigenvalue weighted by molar-refractivity contribution is 8.14. The number of hydrogen-bond acceptors (Lipinski definition) is 22. The molecule has 2 amide bonds. The third-order valence-electron chi connectivity index (χ3n) is 9.15. The van der Waals surface area contributed by atoms with Gasteiger partial charge in [-0.15, -0.1) is 0 Å². The van der Waals surface area contributed by atoms with Crippen LogP contribution in [0.15, 0.2) is 55.1 Å². The number of fused-ring (bicyclic) bond motifs is 1. The number of imidazole rings is 1. The summed E-state index contributed by atoms with van der Waals surface area (Å²) in [5.74, 6) is -1.24. The van der Waals surface area contributed by atoms with Gasteiger partial charge in [0, 0.05) is 30.7 Å². The second-order valence-corrected chi connectivity index (χ2v) is 19.8. The Balaban J connectivity index is 1.14. The lowest BCUT2D eigenvalue weighted by Gasteiger charge is -2.36. The van der Waals surface area contributed by atoms with Crippen molar-refractivity contribution in [2.24, 2.45) is 5.41 Å². The summed E-state index contributed by atoms with van der Waals surface area (Å²) in [6.45, 7) is 0.0820. The Hall–Kier alpha value is -3.48. The molecule has 3 heterocycles. The number of aliphatic hydroxyl groups excluding tert-OH is 2. The molecule has 0 aliphatic carbocycles. The monoisotopic (exact) mass is 963 g/mol. The zero-order chi connectivity index (χ0) is 46.4. The van der Waals surface area contributed by atoms with Crippen molar-refractivity contribution in [2.75, 3.05) is 37.8 Å². The summed E-state index contributed by atoms with van der Waals surface area (Å²) in [6, 6.07) is 10.2. The average molecular weight is 964 g/mol. The lowest BCUT2D eigenvalue weighted by Crippen LogP contribution is -2.46. The number of carbonyl (C=O) groups excluding carboxylic acids is 3. The van der Waals surface area contributed by atoms with Crippen molar-refractivity contribution in [1.82, 2.24) is 30.2 Å². The fourth-order valence-corrected chi connectivity index (χ4v) is 9.23. The van der Waals surface area contributed by atoms with Crippen molar-refractivity contribution in [3.8, 4) is 0 Å². The molecule has 28 heteroatoms. The summed E-state index contributed by atoms with van der Waals surface area (Å²) in [5.41, 5.74) is 5.37. The summed E-state index contributed by atoms with van der Waals surface area (Å²) < 4.78 is 60.7. The van der Waals surface area contributed by atoms with Crippen LogP contribution in [0.3, 0.4) is 0 Å². The quantitative estimate of drug-likeness (QED) is 0.0384. The van der Waals surface area contributed by atoms with Gasteiger partial charge in [-0.25, -0.2) is 19.3 Å². The molecular weight excluding hydrogens is 915 g/mol. The van der Waals surface area contributed by atoms with Gasteiger partial charge >= 0.3 is 0 Å². The Morgan fingerprint density at radius 3 is 2.44 bits per heavy atom. The fraction of sp³-hybridized carbons (Fsp3) is 0.543. The number of ether oxygens (including phenoxy) is 1. The maximum Gasteiger partial charge on any atom is 0.274 e. The number of carbonyl (C=O) groups is 3. The molecule has 1 aliphatic rings. The lowest BCUT2D eigenvalue weighted by molar-refractivity contribution is -0.347. The number of nitrogens with one attached hydrogen (secondary N) is 2. The first-order valence-electron chi connectivity index (χ1n) is 19.3. The average Bonchev–Trinajstić information content (AvgIpc) is 3.77. The Morgan fingerprint density at radius 1 is 1.02 bits per heavy atom. The molecule has 1 aromatic carbocycles. The van der Waals surface area contributed by atoms with Gasteiger partial charge in [-0.05, 0) is 37.3 Å². The van der Waals surface area contributed by atoms with Crippen molar-refractivity contribution >= 4 is 69.1 Å². The Bertz CT molecular complexity index is 2180. The number of rotatable bonds is 26. The number of allylic oxidation sites excluding steroid dienone is 1. The molecule has 3 aromatic rings. The van der Waals surface area contributed by atoms with Crippen LogP contribution < -0.4 is 35.9 Å². The number of thioether (sulfide) groups is 1. The molecule has 24 nitrogen and oxygen atoms in total. The van der Waals surface area contributed by atoms with Crippen LogP contribution in [0.2, 0.25) is 0 Å². The summed E-state index contributed by atoms with van der Waals surface area (Å²) in [7, 11) is -17.6. The zero-order valence-corrected chi connectivity index (χ0v) is 37.5. The second-order valence-electron chi connectivity index (χ2n) is 14.6. The van der Waals surface area contributed by atoms with Crippen molar-refractivity contribution in [3.63, 3.8) is 0 Å². The van der Waals surface area contributed by atoms with Gasteiger partial charge in [-0.1, -0.05) is 68.4 Å². The van der Waals surface area contributed by atoms with Crippen molar-refractivity contribution in [2.45, 2.75) is 83.0 Å². The van der Waals surface area contributed by atoms with Gasteiger partial charge in [0.2, 0.25) is 16.9 Å². The molecule has 350 valence electrons. The van der Waals surface area contributed by atoms with Gasteiger partial charge in [-0.3, -0.25) is 28.1 Å². The van der Waals surface area contributed by atoms with Crippen LogP contribution in [0.5, 0.6) is 0 Å². The van der Waals surface area contributed by atoms with Crippen LogP contribution in [0.25, 0.3) is 11.2 Å². The van der Waals surface area contributed by atoms with E-state index in [0.717, 1.165) is 61.1 Å². The minimum Gasteiger partial charge on any atom is -0.790 e. The number of nitrogens with two attached hydrogens (primary N) is 1. The van der Waals surface area contributed by atoms with E-state index in [-0.39, 0.29) is 41.6 Å². The van der Waals surface area contributed by atoms with E-state index in [2.05, 4.69) is 55.6 Å². The van der Waals surface area contributed by atoms with Crippen LogP contribution >= 0.6 is 35.2 Å². The van der Waals surface area contributed by atoms with Gasteiger partial charge < -0.3 is 69.0 Å². The van der Waals surface area contributed by atoms with Crippen LogP contribution in [-0.4, -0.2) is 103 Å². The molecule has 63 heavy (non-hydrogen) atoms. The lowest BCUT2D eigenvalue weighted by atomic mass is 9.87. The van der Waals surface area contributed by atoms with Crippen LogP contribution in [0.1, 0.15) is 57.7 Å². The predicted molar refractivity (Wildman–Crippen MR) is 216 cm³/mol. The van der Waals surface area contributed by atoms with E-state index in [9.17, 15) is 57.9 Å². The number of aliphatic hydroxyl groups is 2. The largest absolute Gasteiger partial charge is 0.790 e. The minimum absolute atomic E-state index is 0.0218. The normalized spacial score (nSPS) is 20.6. The first-order chi connectivity index (χ1) is 29.6. The number of phosphoric acid groups is 3. The van der Waals surface area contributed by atoms with Crippen molar-refractivity contribution in [1.29, 1.82) is 0 Å². The first kappa shape index (κ1) is 52.1. The highest BCUT2D eigenvalue weighted by Crippen LogP contribution is 2.56. The number of aromatic nitrogens is 4. The molecule has 1 saturated heterocycles. The maximum atomic E-state index is 12.6. The van der Waals surface area contributed by atoms with Gasteiger partial charge in [-0.2, -0.15) is 0 Å². The van der Waals surface area contributed by atoms with E-state index in [1.807, 2.05) is 24.3 Å². The summed E-state index contributed by atoms with van der Waals surface area (Å²) in [6.07, 6.45) is 0.618. The number of aryl methyl sites for hydroxylation is 1. The molecule has 2 unspecified atom stereocenters. The number of nitrogen functional groups attached to an aromatic ring is 1. The van der Waals surface area contributed by atoms with E-state index >= 15 is 0 Å². The molecule has 4 rings (SSSR count). The Morgan fingerprint density at radius 2 is 1.73 bits per heavy atom. The third kappa shape index (κ3) is 17.1. The van der Waals surface area contributed by atoms with E-state index in [1.165, 1.54) is 25.5 Å². The summed E-state index contributed by atoms with van der Waals surface area (Å²) in [4.78, 5) is 96.5. The number of phosphoric ester groups is 3. The fourth-order valence-electron chi connectivity index (χ4n) is 5.90. The molecular formula is C35H48N7O17P3S-4. The Labute approximate surface area is 365 Å². The number of benzene rings is 1. The summed E-state index contributed by atoms with van der Waals surface area (Å²) >= 11 is 1.04. The molecule has 0 bridgehead atoms. The Kier molecular flexibility index (Phi) is 19.6. The number of hydrogen-bond donors (Lipinski definition) is 5. The van der Waals surface area contributed by atoms with Crippen molar-refractivity contribution < 1.29 is 80.5 Å². The van der Waals surface area contributed by atoms with Gasteiger partial charge in [0.1, 0.15) is 36.3 Å². The van der Waals surface area contributed by atoms with E-state index in [4.69, 9.17) is 10.5 Å². The van der Waals surface area contributed by atoms with Crippen LogP contribution in [-0.2, 0) is 57.1 Å². The topological polar surface area (TPSA) is 375 Å². The highest BCUT2D eigenvalue weighted by atomic mass is 32.2. The molecule has 0 spiro atoms. The van der Waals surface area contributed by atoms with Gasteiger partial charge in [0.25, 0.3) is 15.6 Å². The number of nitrogens with zero attached hydrogens (tertiary/aromatic N) is 4. The molecule has 2 aromatic heterocycles. The van der Waals surface area contributed by atoms with E-state index in [0.29, 0.717) is 5.75 Å². The molecule has 0 radical (unpaired) electrons. The first-order valence-corrected chi connectivity index (χ1v) is 24.6. The van der Waals surface area contributed by atoms with Gasteiger partial charge in [0.15, 0.2) is 17.7 Å². The summed E-state index contributed by atoms with van der Waals surface area (Å²) in [5, 5.41) is 26.2.